The number of likely N-dealkylation sites (N-methyl/N-ethyl adjacent to an activating group) is 3. The van der Waals surface area contributed by atoms with Crippen molar-refractivity contribution in [2.75, 3.05) is 85.0 Å². The Kier molecular flexibility index (Phi) is 42.7. The molecule has 3 fully saturated rings. The molecule has 47 heteroatoms. The smallest absolute Gasteiger partial charge is 0.323 e. The van der Waals surface area contributed by atoms with Crippen LogP contribution in [0.2, 0.25) is 0 Å². The van der Waals surface area contributed by atoms with Crippen molar-refractivity contribution in [2.45, 2.75) is 242 Å². The number of hydrogen-bond donors (Lipinski definition) is 20. The maximum atomic E-state index is 15.8. The molecule has 0 radical (unpaired) electrons. The monoisotopic (exact) mass is 2020 g/mol. The average Bonchev–Trinajstić information content (AvgIpc) is 1.62. The van der Waals surface area contributed by atoms with Gasteiger partial charge in [-0.15, -0.1) is 11.8 Å². The number of H-pyrrole nitrogens is 1. The van der Waals surface area contributed by atoms with Crippen molar-refractivity contribution in [1.82, 2.24) is 103 Å². The molecule has 0 unspecified atom stereocenters. The fourth-order valence-corrected chi connectivity index (χ4v) is 18.6. The first-order valence-electron chi connectivity index (χ1n) is 48.4. The Labute approximate surface area is 836 Å². The Morgan fingerprint density at radius 1 is 0.549 bits per heavy atom. The highest BCUT2D eigenvalue weighted by Crippen LogP contribution is 2.36. The van der Waals surface area contributed by atoms with Gasteiger partial charge in [0.2, 0.25) is 100 Å². The number of nitrogens with two attached hydrogens (primary N) is 2. The minimum Gasteiger partial charge on any atom is -0.508 e. The van der Waals surface area contributed by atoms with Gasteiger partial charge in [-0.3, -0.25) is 95.9 Å². The molecule has 2 aromatic heterocycles. The molecule has 18 amide bonds. The lowest BCUT2D eigenvalue weighted by Gasteiger charge is -2.36. The van der Waals surface area contributed by atoms with Crippen molar-refractivity contribution in [3.05, 3.63) is 113 Å². The summed E-state index contributed by atoms with van der Waals surface area (Å²) in [5.74, 6) is -20.1. The Morgan fingerprint density at radius 2 is 1.13 bits per heavy atom. The number of nitrogens with zero attached hydrogens (tertiary/aromatic N) is 6. The van der Waals surface area contributed by atoms with Gasteiger partial charge in [-0.25, -0.2) is 0 Å². The number of aromatic hydroxyl groups is 1. The minimum absolute atomic E-state index is 0.0271. The number of aromatic nitrogens is 2. The topological polar surface area (TPSA) is 668 Å². The number of nitrogens with one attached hydrogen (secondary N) is 14. The maximum Gasteiger partial charge on any atom is 0.323 e. The number of thioether (sulfide) groups is 1. The van der Waals surface area contributed by atoms with E-state index in [1.807, 2.05) is 13.8 Å². The summed E-state index contributed by atoms with van der Waals surface area (Å²) in [5.41, 5.74) is 15.5. The molecule has 4 aliphatic rings. The molecule has 0 spiro atoms. The molecule has 3 aromatic carbocycles. The molecule has 9 rings (SSSR count). The molecular weight excluding hydrogens is 1890 g/mol. The van der Waals surface area contributed by atoms with Gasteiger partial charge in [-0.05, 0) is 104 Å². The third kappa shape index (κ3) is 32.4. The second-order valence-electron chi connectivity index (χ2n) is 37.4. The van der Waals surface area contributed by atoms with E-state index in [1.165, 1.54) is 56.2 Å². The number of carbonyl (C=O) groups is 20. The van der Waals surface area contributed by atoms with Crippen molar-refractivity contribution in [3.8, 4) is 5.75 Å². The van der Waals surface area contributed by atoms with Crippen LogP contribution in [0.1, 0.15) is 155 Å². The van der Waals surface area contributed by atoms with Crippen LogP contribution in [0.25, 0.3) is 21.8 Å². The number of para-hydroxylation sites is 2. The first-order chi connectivity index (χ1) is 68.5. The average molecular weight is 2030 g/mol. The number of aromatic amines is 1. The lowest BCUT2D eigenvalue weighted by molar-refractivity contribution is -0.149. The van der Waals surface area contributed by atoms with Gasteiger partial charge in [0, 0.05) is 131 Å². The van der Waals surface area contributed by atoms with Crippen molar-refractivity contribution in [1.29, 1.82) is 0 Å². The van der Waals surface area contributed by atoms with Gasteiger partial charge in [0.15, 0.2) is 0 Å². The van der Waals surface area contributed by atoms with Crippen LogP contribution in [-0.2, 0) is 122 Å². The Balaban J connectivity index is 1.06. The van der Waals surface area contributed by atoms with Gasteiger partial charge in [-0.1, -0.05) is 116 Å². The number of phenols is 1. The molecule has 13 atom stereocenters. The molecule has 4 aliphatic heterocycles. The van der Waals surface area contributed by atoms with Crippen LogP contribution in [0.4, 0.5) is 0 Å². The number of fused-ring (bicyclic) bond motifs is 4. The zero-order valence-electron chi connectivity index (χ0n) is 82.4. The van der Waals surface area contributed by atoms with Crippen molar-refractivity contribution in [2.24, 2.45) is 23.3 Å². The third-order valence-electron chi connectivity index (χ3n) is 25.3. The molecule has 3 saturated heterocycles. The molecule has 0 aliphatic carbocycles. The molecule has 0 saturated carbocycles. The number of unbranched alkanes of at least 4 members (excludes halogenated alkanes) is 3. The molecule has 2 bridgehead atoms. The zero-order chi connectivity index (χ0) is 105. The minimum atomic E-state index is -1.68. The highest BCUT2D eigenvalue weighted by atomic mass is 32.2. The van der Waals surface area contributed by atoms with Crippen LogP contribution in [0.15, 0.2) is 96.6 Å². The number of phenolic OH excluding ortho intramolecular Hbond substituents is 1. The Morgan fingerprint density at radius 3 is 1.79 bits per heavy atom. The number of carboxylic acids is 2. The molecule has 6 heterocycles. The Hall–Kier alpha value is -14.3. The van der Waals surface area contributed by atoms with E-state index in [0.717, 1.165) is 36.3 Å². The third-order valence-corrected chi connectivity index (χ3v) is 26.3. The van der Waals surface area contributed by atoms with Crippen LogP contribution < -0.4 is 80.6 Å². The fourth-order valence-electron chi connectivity index (χ4n) is 17.8. The summed E-state index contributed by atoms with van der Waals surface area (Å²) in [7, 11) is 3.90. The standard InChI is InChI=1S/C97H136N22O24S/c1-10-12-23-74-90(136)109-64(34-53(3)4)88(134)113-71(87(133)104-45-80(124)103-44-79(123)102-43-78(122)100-33-19-18-26-84(128)129)51-144-52-83(127)108-67(36-55-27-29-58(120)30-28-55)93(139)114(7)49-82(126)107-69-40-62(99)73-31-32-75(119(73)96(69)142)91(137)112-70(41-98)89(135)111-66(35-54(5)6)95(141)118-48-59(121)39-77(118)92(138)110-65(37-56-42-101-63-22-16-14-20-60(56)63)86(132)105-46-81(125)106-68(94(140)116(9)76(24-13-11-2)97(143)115(74)8)38-57-47-117(50-85(130)131)72-25-17-15-21-61(57)72/h14-17,20-22,25,27-30,42,47,53-54,59,64-71,74-77,101,120-121H,10-13,18-19,23-24,26,31-41,43-46,48-52,98-99H2,1-9H3,(H,100,122)(H,102,123)(H,103,124)(H,104,133)(H,105,132)(H,106,125)(H,107,126)(H,108,127)(H,109,136)(H,110,138)(H,111,135)(H,112,137)(H,113,134)(H,128,129)(H,130,131)/t59-,64+,65+,66+,67+,68+,69+,70+,71+,74+,75+,76+,77-/m1/s1. The van der Waals surface area contributed by atoms with Gasteiger partial charge >= 0.3 is 11.9 Å². The summed E-state index contributed by atoms with van der Waals surface area (Å²) in [4.78, 5) is 294. The van der Waals surface area contributed by atoms with Gasteiger partial charge in [0.25, 0.3) is 5.91 Å². The lowest BCUT2D eigenvalue weighted by atomic mass is 9.99. The predicted molar refractivity (Wildman–Crippen MR) is 526 cm³/mol. The van der Waals surface area contributed by atoms with Crippen molar-refractivity contribution in [3.63, 3.8) is 0 Å². The van der Waals surface area contributed by atoms with E-state index in [1.54, 1.807) is 82.4 Å². The number of aliphatic hydroxyl groups excluding tert-OH is 1. The number of aliphatic hydroxyl groups is 1. The van der Waals surface area contributed by atoms with E-state index >= 15 is 33.6 Å². The lowest BCUT2D eigenvalue weighted by Crippen LogP contribution is -2.61. The molecule has 5 aromatic rings. The van der Waals surface area contributed by atoms with E-state index in [0.29, 0.717) is 70.6 Å². The summed E-state index contributed by atoms with van der Waals surface area (Å²) in [6.07, 6.45) is 2.15. The largest absolute Gasteiger partial charge is 0.508 e. The zero-order valence-corrected chi connectivity index (χ0v) is 83.3. The number of allylic oxidation sites excluding steroid dienone is 1. The highest BCUT2D eigenvalue weighted by molar-refractivity contribution is 8.00. The highest BCUT2D eigenvalue weighted by Gasteiger charge is 2.48. The Bertz CT molecular complexity index is 5530. The summed E-state index contributed by atoms with van der Waals surface area (Å²) in [5, 5.41) is 75.4. The number of benzene rings is 3. The van der Waals surface area contributed by atoms with Crippen LogP contribution >= 0.6 is 11.8 Å². The van der Waals surface area contributed by atoms with Gasteiger partial charge in [0.05, 0.1) is 44.6 Å². The van der Waals surface area contributed by atoms with E-state index < -0.39 is 267 Å². The van der Waals surface area contributed by atoms with Crippen LogP contribution in [0, 0.1) is 11.8 Å². The first-order valence-corrected chi connectivity index (χ1v) is 49.6. The second-order valence-corrected chi connectivity index (χ2v) is 38.5. The van der Waals surface area contributed by atoms with E-state index in [4.69, 9.17) is 16.6 Å². The molecule has 144 heavy (non-hydrogen) atoms. The normalized spacial score (nSPS) is 23.2. The van der Waals surface area contributed by atoms with Crippen LogP contribution in [0.5, 0.6) is 5.75 Å². The fraction of sp³-hybridized carbons (Fsp3) is 0.546. The van der Waals surface area contributed by atoms with Gasteiger partial charge in [-0.2, -0.15) is 0 Å². The van der Waals surface area contributed by atoms with Crippen LogP contribution in [-0.4, -0.2) is 336 Å². The van der Waals surface area contributed by atoms with E-state index in [-0.39, 0.29) is 113 Å². The number of rotatable bonds is 31. The van der Waals surface area contributed by atoms with Crippen molar-refractivity contribution >= 4 is 152 Å². The SMILES string of the molecule is CCCC[C@H]1C(=O)N(C)[C@@H](CCCC)C(=O)N[C@@H](CC(C)C)C(=O)N[C@H](C(=O)NCC(=O)NCC(=O)NCC(=O)NCCCCC(=O)O)CSCC(=O)N[C@@H](Cc2ccc(O)cc2)C(=O)N(C)CC(=O)N[C@H]2CC(N)=C3CC[C@@H](C(=O)N[C@@H](CN)C(=O)N[C@@H](CC(C)C)C(=O)N4C[C@H](O)C[C@@H]4C(=O)N[C@@H](Cc4c[nH]c5ccccc45)C(=O)NCC(=O)N[C@@H](Cc4cn(CC(=O)O)c5ccccc45)C(=O)N1C)N3C2=O. The number of carbonyl (C=O) groups excluding carboxylic acids is 18. The number of aliphatic carboxylic acids is 2. The van der Waals surface area contributed by atoms with Gasteiger partial charge in [0.1, 0.15) is 84.8 Å². The maximum absolute atomic E-state index is 15.8. The summed E-state index contributed by atoms with van der Waals surface area (Å²) in [6, 6.07) is 1.24. The molecular formula is C97H136N22O24S. The number of hydrogen-bond acceptors (Lipinski definition) is 25. The first kappa shape index (κ1) is 113. The number of amides is 18. The molecule has 22 N–H and O–H groups in total. The van der Waals surface area contributed by atoms with Crippen molar-refractivity contribution < 1.29 is 116 Å². The van der Waals surface area contributed by atoms with Gasteiger partial charge < -0.3 is 135 Å². The van der Waals surface area contributed by atoms with Crippen LogP contribution in [0.3, 0.4) is 0 Å². The molecule has 784 valence electrons. The predicted octanol–water partition coefficient (Wildman–Crippen LogP) is -2.53. The van der Waals surface area contributed by atoms with E-state index in [9.17, 15) is 77.6 Å². The summed E-state index contributed by atoms with van der Waals surface area (Å²) >= 11 is 0.749. The number of carboxylic acid groups (broad SMARTS) is 2. The summed E-state index contributed by atoms with van der Waals surface area (Å²) < 4.78 is 1.43. The second kappa shape index (κ2) is 54.3. The quantitative estimate of drug-likeness (QED) is 0.0204. The molecule has 46 nitrogen and oxygen atoms in total. The van der Waals surface area contributed by atoms with E-state index in [2.05, 4.69) is 74.1 Å². The summed E-state index contributed by atoms with van der Waals surface area (Å²) in [6.45, 7) is 5.52.